The zero-order chi connectivity index (χ0) is 11.4. The first-order chi connectivity index (χ1) is 7.81. The van der Waals surface area contributed by atoms with Gasteiger partial charge in [-0.25, -0.2) is 0 Å². The van der Waals surface area contributed by atoms with Crippen molar-refractivity contribution in [1.82, 2.24) is 9.36 Å². The van der Waals surface area contributed by atoms with Crippen LogP contribution in [-0.2, 0) is 0 Å². The highest BCUT2D eigenvalue weighted by Gasteiger charge is 2.11. The second-order valence-corrected chi connectivity index (χ2v) is 3.54. The summed E-state index contributed by atoms with van der Waals surface area (Å²) in [4.78, 5) is 15.7. The van der Waals surface area contributed by atoms with E-state index < -0.39 is 0 Å². The second kappa shape index (κ2) is 4.71. The van der Waals surface area contributed by atoms with Crippen molar-refractivity contribution >= 4 is 23.1 Å². The van der Waals surface area contributed by atoms with E-state index in [0.29, 0.717) is 17.3 Å². The van der Waals surface area contributed by atoms with E-state index in [2.05, 4.69) is 14.7 Å². The van der Waals surface area contributed by atoms with Crippen molar-refractivity contribution in [1.29, 1.82) is 0 Å². The van der Waals surface area contributed by atoms with Crippen molar-refractivity contribution in [3.63, 3.8) is 0 Å². The zero-order valence-electron chi connectivity index (χ0n) is 8.51. The normalized spacial score (nSPS) is 9.81. The van der Waals surface area contributed by atoms with Crippen LogP contribution < -0.4 is 10.1 Å². The molecule has 0 aromatic carbocycles. The summed E-state index contributed by atoms with van der Waals surface area (Å²) in [7, 11) is 1.51. The number of pyridine rings is 1. The molecular weight excluding hydrogens is 226 g/mol. The third-order valence-electron chi connectivity index (χ3n) is 1.88. The molecule has 2 aromatic rings. The van der Waals surface area contributed by atoms with Gasteiger partial charge in [0.2, 0.25) is 5.88 Å². The molecule has 0 unspecified atom stereocenters. The lowest BCUT2D eigenvalue weighted by atomic mass is 10.3. The highest BCUT2D eigenvalue weighted by Crippen LogP contribution is 2.24. The molecule has 2 aromatic heterocycles. The van der Waals surface area contributed by atoms with E-state index in [4.69, 9.17) is 4.74 Å². The SMILES string of the molecule is COc1nscc1NC(=O)c1ccccn1. The van der Waals surface area contributed by atoms with Crippen molar-refractivity contribution < 1.29 is 9.53 Å². The van der Waals surface area contributed by atoms with E-state index in [0.717, 1.165) is 0 Å². The minimum atomic E-state index is -0.279. The largest absolute Gasteiger partial charge is 0.479 e. The summed E-state index contributed by atoms with van der Waals surface area (Å²) in [5, 5.41) is 4.39. The van der Waals surface area contributed by atoms with Crippen LogP contribution in [0.1, 0.15) is 10.5 Å². The van der Waals surface area contributed by atoms with Gasteiger partial charge in [0.15, 0.2) is 0 Å². The fraction of sp³-hybridized carbons (Fsp3) is 0.100. The maximum Gasteiger partial charge on any atom is 0.274 e. The number of carbonyl (C=O) groups is 1. The first-order valence-corrected chi connectivity index (χ1v) is 5.35. The molecule has 0 bridgehead atoms. The third-order valence-corrected chi connectivity index (χ3v) is 2.49. The minimum absolute atomic E-state index is 0.279. The Bertz CT molecular complexity index is 484. The molecule has 5 nitrogen and oxygen atoms in total. The van der Waals surface area contributed by atoms with Crippen LogP contribution in [0.3, 0.4) is 0 Å². The number of hydrogen-bond acceptors (Lipinski definition) is 5. The number of methoxy groups -OCH3 is 1. The zero-order valence-corrected chi connectivity index (χ0v) is 9.32. The number of aromatic nitrogens is 2. The molecule has 1 amide bonds. The Balaban J connectivity index is 2.14. The number of amides is 1. The van der Waals surface area contributed by atoms with Gasteiger partial charge in [0.25, 0.3) is 5.91 Å². The topological polar surface area (TPSA) is 64.1 Å². The van der Waals surface area contributed by atoms with E-state index in [1.165, 1.54) is 18.6 Å². The van der Waals surface area contributed by atoms with E-state index in [9.17, 15) is 4.79 Å². The number of carbonyl (C=O) groups excluding carboxylic acids is 1. The van der Waals surface area contributed by atoms with Gasteiger partial charge in [-0.2, -0.15) is 4.37 Å². The van der Waals surface area contributed by atoms with Crippen LogP contribution >= 0.6 is 11.5 Å². The van der Waals surface area contributed by atoms with E-state index >= 15 is 0 Å². The highest BCUT2D eigenvalue weighted by molar-refractivity contribution is 7.04. The van der Waals surface area contributed by atoms with Crippen LogP contribution in [0.4, 0.5) is 5.69 Å². The molecule has 6 heteroatoms. The standard InChI is InChI=1S/C10H9N3O2S/c1-15-10-8(6-16-13-10)12-9(14)7-4-2-3-5-11-7/h2-6H,1H3,(H,12,14). The van der Waals surface area contributed by atoms with Crippen LogP contribution in [0.5, 0.6) is 5.88 Å². The lowest BCUT2D eigenvalue weighted by Gasteiger charge is -2.03. The van der Waals surface area contributed by atoms with Crippen LogP contribution in [0, 0.1) is 0 Å². The molecule has 1 N–H and O–H groups in total. The Hall–Kier alpha value is -1.95. The second-order valence-electron chi connectivity index (χ2n) is 2.91. The maximum absolute atomic E-state index is 11.7. The van der Waals surface area contributed by atoms with Crippen molar-refractivity contribution in [2.45, 2.75) is 0 Å². The third kappa shape index (κ3) is 2.17. The molecule has 0 saturated heterocycles. The summed E-state index contributed by atoms with van der Waals surface area (Å²) < 4.78 is 8.95. The Morgan fingerprint density at radius 1 is 1.50 bits per heavy atom. The average Bonchev–Trinajstić information content (AvgIpc) is 2.77. The van der Waals surface area contributed by atoms with Crippen LogP contribution in [-0.4, -0.2) is 22.4 Å². The smallest absolute Gasteiger partial charge is 0.274 e. The minimum Gasteiger partial charge on any atom is -0.479 e. The number of hydrogen-bond donors (Lipinski definition) is 1. The van der Waals surface area contributed by atoms with Gasteiger partial charge in [0.05, 0.1) is 7.11 Å². The fourth-order valence-corrected chi connectivity index (χ4v) is 1.73. The highest BCUT2D eigenvalue weighted by atomic mass is 32.1. The number of anilines is 1. The summed E-state index contributed by atoms with van der Waals surface area (Å²) in [6.07, 6.45) is 1.57. The number of nitrogens with zero attached hydrogens (tertiary/aromatic N) is 2. The first kappa shape index (κ1) is 10.6. The molecule has 0 aliphatic carbocycles. The molecule has 0 saturated carbocycles. The Kier molecular flexibility index (Phi) is 3.11. The molecule has 0 atom stereocenters. The van der Waals surface area contributed by atoms with E-state index in [1.54, 1.807) is 29.8 Å². The molecule has 0 aliphatic rings. The first-order valence-electron chi connectivity index (χ1n) is 4.52. The number of rotatable bonds is 3. The van der Waals surface area contributed by atoms with Crippen LogP contribution in [0.25, 0.3) is 0 Å². The molecule has 2 heterocycles. The summed E-state index contributed by atoms with van der Waals surface area (Å²) in [6.45, 7) is 0. The quantitative estimate of drug-likeness (QED) is 0.881. The van der Waals surface area contributed by atoms with Crippen molar-refractivity contribution in [2.75, 3.05) is 12.4 Å². The van der Waals surface area contributed by atoms with Gasteiger partial charge in [-0.05, 0) is 23.7 Å². The van der Waals surface area contributed by atoms with E-state index in [-0.39, 0.29) is 5.91 Å². The van der Waals surface area contributed by atoms with Gasteiger partial charge in [0, 0.05) is 11.6 Å². The average molecular weight is 235 g/mol. The predicted octanol–water partition coefficient (Wildman–Crippen LogP) is 1.80. The molecule has 0 fully saturated rings. The van der Waals surface area contributed by atoms with Gasteiger partial charge in [-0.15, -0.1) is 0 Å². The Labute approximate surface area is 96.3 Å². The molecule has 2 rings (SSSR count). The molecule has 0 radical (unpaired) electrons. The monoisotopic (exact) mass is 235 g/mol. The molecule has 16 heavy (non-hydrogen) atoms. The van der Waals surface area contributed by atoms with Gasteiger partial charge >= 0.3 is 0 Å². The summed E-state index contributed by atoms with van der Waals surface area (Å²) >= 11 is 1.22. The van der Waals surface area contributed by atoms with Crippen molar-refractivity contribution in [3.8, 4) is 5.88 Å². The summed E-state index contributed by atoms with van der Waals surface area (Å²) in [6, 6.07) is 5.15. The van der Waals surface area contributed by atoms with Gasteiger partial charge in [0.1, 0.15) is 11.4 Å². The fourth-order valence-electron chi connectivity index (χ4n) is 1.14. The molecule has 0 aliphatic heterocycles. The lowest BCUT2D eigenvalue weighted by Crippen LogP contribution is -2.13. The lowest BCUT2D eigenvalue weighted by molar-refractivity contribution is 0.102. The summed E-state index contributed by atoms with van der Waals surface area (Å²) in [5.41, 5.74) is 0.916. The van der Waals surface area contributed by atoms with Crippen LogP contribution in [0.2, 0.25) is 0 Å². The summed E-state index contributed by atoms with van der Waals surface area (Å²) in [5.74, 6) is 0.133. The van der Waals surface area contributed by atoms with Crippen molar-refractivity contribution in [2.24, 2.45) is 0 Å². The van der Waals surface area contributed by atoms with Crippen LogP contribution in [0.15, 0.2) is 29.8 Å². The van der Waals surface area contributed by atoms with E-state index in [1.807, 2.05) is 0 Å². The maximum atomic E-state index is 11.7. The molecular formula is C10H9N3O2S. The van der Waals surface area contributed by atoms with Gasteiger partial charge in [-0.1, -0.05) is 6.07 Å². The number of nitrogens with one attached hydrogen (secondary N) is 1. The van der Waals surface area contributed by atoms with Crippen molar-refractivity contribution in [3.05, 3.63) is 35.5 Å². The Morgan fingerprint density at radius 2 is 2.38 bits per heavy atom. The molecule has 0 spiro atoms. The number of ether oxygens (including phenoxy) is 1. The van der Waals surface area contributed by atoms with Gasteiger partial charge < -0.3 is 10.1 Å². The predicted molar refractivity (Wildman–Crippen MR) is 60.9 cm³/mol. The van der Waals surface area contributed by atoms with Gasteiger partial charge in [-0.3, -0.25) is 9.78 Å². The Morgan fingerprint density at radius 3 is 3.06 bits per heavy atom. The molecule has 82 valence electrons.